The number of benzene rings is 1. The molecular formula is C18H23F3N4O. The number of carbonyl (C=O) groups excluding carboxylic acids is 1. The van der Waals surface area contributed by atoms with E-state index in [1.165, 1.54) is 0 Å². The van der Waals surface area contributed by atoms with Gasteiger partial charge in [0.25, 0.3) is 0 Å². The first-order chi connectivity index (χ1) is 12.3. The van der Waals surface area contributed by atoms with Crippen molar-refractivity contribution in [1.82, 2.24) is 20.4 Å². The van der Waals surface area contributed by atoms with Crippen LogP contribution in [0.2, 0.25) is 0 Å². The van der Waals surface area contributed by atoms with Crippen LogP contribution in [0.4, 0.5) is 18.0 Å². The van der Waals surface area contributed by atoms with E-state index in [9.17, 15) is 18.0 Å². The molecule has 2 amide bonds. The van der Waals surface area contributed by atoms with Crippen molar-refractivity contribution in [2.45, 2.75) is 45.5 Å². The lowest BCUT2D eigenvalue weighted by molar-refractivity contribution is -0.152. The molecule has 0 aliphatic heterocycles. The average Bonchev–Trinajstić information content (AvgIpc) is 2.89. The zero-order chi connectivity index (χ0) is 19.2. The second-order valence-corrected chi connectivity index (χ2v) is 6.19. The van der Waals surface area contributed by atoms with E-state index >= 15 is 0 Å². The summed E-state index contributed by atoms with van der Waals surface area (Å²) in [5, 5.41) is 8.79. The topological polar surface area (TPSA) is 59.0 Å². The maximum Gasteiger partial charge on any atom is 0.408 e. The summed E-state index contributed by atoms with van der Waals surface area (Å²) in [6, 6.07) is 7.47. The fourth-order valence-corrected chi connectivity index (χ4v) is 2.64. The Morgan fingerprint density at radius 2 is 1.92 bits per heavy atom. The lowest BCUT2D eigenvalue weighted by atomic mass is 10.1. The van der Waals surface area contributed by atoms with Gasteiger partial charge in [-0.25, -0.2) is 4.79 Å². The maximum atomic E-state index is 13.2. The first-order valence-corrected chi connectivity index (χ1v) is 8.42. The number of aromatic nitrogens is 2. The number of hydrogen-bond acceptors (Lipinski definition) is 2. The van der Waals surface area contributed by atoms with E-state index in [1.807, 2.05) is 29.9 Å². The molecule has 0 saturated heterocycles. The standard InChI is InChI=1S/C18H23F3N4O/c1-13-11-14(2)25(24-13)10-6-9-22-17(26)23-16(18(19,20)21)12-15-7-4-3-5-8-15/h3-5,7-8,11,16H,6,9-10,12H2,1-2H3,(H2,22,23,26)/t16-/m0/s1. The van der Waals surface area contributed by atoms with Crippen LogP contribution in [-0.4, -0.2) is 34.6 Å². The van der Waals surface area contributed by atoms with E-state index in [0.717, 1.165) is 11.4 Å². The van der Waals surface area contributed by atoms with Crippen molar-refractivity contribution < 1.29 is 18.0 Å². The van der Waals surface area contributed by atoms with Crippen LogP contribution in [0.1, 0.15) is 23.4 Å². The van der Waals surface area contributed by atoms with Crippen LogP contribution in [0.3, 0.4) is 0 Å². The van der Waals surface area contributed by atoms with Crippen LogP contribution in [0.5, 0.6) is 0 Å². The van der Waals surface area contributed by atoms with Crippen LogP contribution in [0.25, 0.3) is 0 Å². The highest BCUT2D eigenvalue weighted by Crippen LogP contribution is 2.23. The number of rotatable bonds is 7. The molecule has 2 aromatic rings. The molecule has 0 aliphatic carbocycles. The quantitative estimate of drug-likeness (QED) is 0.737. The van der Waals surface area contributed by atoms with E-state index < -0.39 is 18.2 Å². The molecule has 2 rings (SSSR count). The maximum absolute atomic E-state index is 13.2. The van der Waals surface area contributed by atoms with Crippen molar-refractivity contribution in [1.29, 1.82) is 0 Å². The minimum Gasteiger partial charge on any atom is -0.338 e. The number of nitrogens with one attached hydrogen (secondary N) is 2. The Bertz CT molecular complexity index is 713. The Morgan fingerprint density at radius 3 is 2.50 bits per heavy atom. The Morgan fingerprint density at radius 1 is 1.23 bits per heavy atom. The van der Waals surface area contributed by atoms with Gasteiger partial charge in [-0.05, 0) is 31.9 Å². The highest BCUT2D eigenvalue weighted by atomic mass is 19.4. The summed E-state index contributed by atoms with van der Waals surface area (Å²) in [5.74, 6) is 0. The molecule has 8 heteroatoms. The van der Waals surface area contributed by atoms with Crippen LogP contribution < -0.4 is 10.6 Å². The Balaban J connectivity index is 1.80. The molecule has 0 saturated carbocycles. The third-order valence-corrected chi connectivity index (χ3v) is 3.92. The van der Waals surface area contributed by atoms with Gasteiger partial charge in [0, 0.05) is 25.2 Å². The third kappa shape index (κ3) is 6.09. The smallest absolute Gasteiger partial charge is 0.338 e. The fourth-order valence-electron chi connectivity index (χ4n) is 2.64. The fraction of sp³-hybridized carbons (Fsp3) is 0.444. The third-order valence-electron chi connectivity index (χ3n) is 3.92. The summed E-state index contributed by atoms with van der Waals surface area (Å²) in [4.78, 5) is 11.8. The van der Waals surface area contributed by atoms with Crippen LogP contribution in [0.15, 0.2) is 36.4 Å². The van der Waals surface area contributed by atoms with Gasteiger partial charge in [0.1, 0.15) is 6.04 Å². The van der Waals surface area contributed by atoms with Crippen LogP contribution >= 0.6 is 0 Å². The SMILES string of the molecule is Cc1cc(C)n(CCCNC(=O)N[C@@H](Cc2ccccc2)C(F)(F)F)n1. The zero-order valence-corrected chi connectivity index (χ0v) is 14.8. The molecule has 1 aromatic heterocycles. The molecule has 142 valence electrons. The van der Waals surface area contributed by atoms with Crippen LogP contribution in [0, 0.1) is 13.8 Å². The number of halogens is 3. The Labute approximate surface area is 150 Å². The van der Waals surface area contributed by atoms with Gasteiger partial charge in [-0.3, -0.25) is 4.68 Å². The van der Waals surface area contributed by atoms with Gasteiger partial charge in [0.05, 0.1) is 5.69 Å². The minimum atomic E-state index is -4.52. The average molecular weight is 368 g/mol. The highest BCUT2D eigenvalue weighted by Gasteiger charge is 2.40. The van der Waals surface area contributed by atoms with E-state index in [1.54, 1.807) is 30.3 Å². The van der Waals surface area contributed by atoms with Crippen molar-refractivity contribution in [3.8, 4) is 0 Å². The van der Waals surface area contributed by atoms with Crippen molar-refractivity contribution in [2.24, 2.45) is 0 Å². The molecule has 2 N–H and O–H groups in total. The predicted octanol–water partition coefficient (Wildman–Crippen LogP) is 3.36. The number of hydrogen-bond donors (Lipinski definition) is 2. The summed E-state index contributed by atoms with van der Waals surface area (Å²) in [6.45, 7) is 4.67. The molecule has 1 atom stereocenters. The number of alkyl halides is 3. The number of urea groups is 1. The van der Waals surface area contributed by atoms with Gasteiger partial charge in [0.2, 0.25) is 0 Å². The molecule has 0 aliphatic rings. The van der Waals surface area contributed by atoms with E-state index in [2.05, 4.69) is 10.4 Å². The minimum absolute atomic E-state index is 0.264. The molecule has 0 bridgehead atoms. The van der Waals surface area contributed by atoms with Crippen LogP contribution in [-0.2, 0) is 13.0 Å². The van der Waals surface area contributed by atoms with Gasteiger partial charge in [-0.1, -0.05) is 30.3 Å². The summed E-state index contributed by atoms with van der Waals surface area (Å²) in [7, 11) is 0. The molecule has 1 heterocycles. The lowest BCUT2D eigenvalue weighted by Gasteiger charge is -2.22. The number of carbonyl (C=O) groups is 1. The summed E-state index contributed by atoms with van der Waals surface area (Å²) in [5.41, 5.74) is 2.42. The predicted molar refractivity (Wildman–Crippen MR) is 92.8 cm³/mol. The first kappa shape index (κ1) is 19.8. The summed E-state index contributed by atoms with van der Waals surface area (Å²) >= 11 is 0. The number of aryl methyl sites for hydroxylation is 3. The largest absolute Gasteiger partial charge is 0.408 e. The van der Waals surface area contributed by atoms with E-state index in [0.29, 0.717) is 18.5 Å². The molecule has 5 nitrogen and oxygen atoms in total. The Kier molecular flexibility index (Phi) is 6.65. The number of amides is 2. The molecule has 1 aromatic carbocycles. The second kappa shape index (κ2) is 8.73. The molecule has 0 unspecified atom stereocenters. The van der Waals surface area contributed by atoms with Crippen molar-refractivity contribution in [3.63, 3.8) is 0 Å². The molecule has 0 fully saturated rings. The first-order valence-electron chi connectivity index (χ1n) is 8.42. The number of nitrogens with zero attached hydrogens (tertiary/aromatic N) is 2. The van der Waals surface area contributed by atoms with Gasteiger partial charge < -0.3 is 10.6 Å². The highest BCUT2D eigenvalue weighted by molar-refractivity contribution is 5.74. The van der Waals surface area contributed by atoms with Crippen molar-refractivity contribution >= 4 is 6.03 Å². The van der Waals surface area contributed by atoms with Crippen molar-refractivity contribution in [2.75, 3.05) is 6.54 Å². The molecule has 26 heavy (non-hydrogen) atoms. The monoisotopic (exact) mass is 368 g/mol. The van der Waals surface area contributed by atoms with E-state index in [-0.39, 0.29) is 13.0 Å². The zero-order valence-electron chi connectivity index (χ0n) is 14.8. The van der Waals surface area contributed by atoms with Crippen molar-refractivity contribution in [3.05, 3.63) is 53.3 Å². The van der Waals surface area contributed by atoms with Gasteiger partial charge >= 0.3 is 12.2 Å². The molecule has 0 spiro atoms. The van der Waals surface area contributed by atoms with Gasteiger partial charge in [-0.15, -0.1) is 0 Å². The van der Waals surface area contributed by atoms with Gasteiger partial charge in [0.15, 0.2) is 0 Å². The molecular weight excluding hydrogens is 345 g/mol. The Hall–Kier alpha value is -2.51. The van der Waals surface area contributed by atoms with E-state index in [4.69, 9.17) is 0 Å². The second-order valence-electron chi connectivity index (χ2n) is 6.19. The van der Waals surface area contributed by atoms with Gasteiger partial charge in [-0.2, -0.15) is 18.3 Å². The molecule has 0 radical (unpaired) electrons. The lowest BCUT2D eigenvalue weighted by Crippen LogP contribution is -2.50. The summed E-state index contributed by atoms with van der Waals surface area (Å²) < 4.78 is 41.3. The normalized spacial score (nSPS) is 12.7. The summed E-state index contributed by atoms with van der Waals surface area (Å²) in [6.07, 6.45) is -4.24.